The molecule has 3 aromatic rings. The lowest BCUT2D eigenvalue weighted by molar-refractivity contribution is -0.139. The van der Waals surface area contributed by atoms with E-state index in [9.17, 15) is 27.9 Å². The maximum Gasteiger partial charge on any atom is 0.417 e. The van der Waals surface area contributed by atoms with Gasteiger partial charge in [0.15, 0.2) is 5.82 Å². The predicted molar refractivity (Wildman–Crippen MR) is 150 cm³/mol. The van der Waals surface area contributed by atoms with Crippen LogP contribution < -0.4 is 5.43 Å². The molecule has 41 heavy (non-hydrogen) atoms. The van der Waals surface area contributed by atoms with Crippen molar-refractivity contribution in [3.05, 3.63) is 111 Å². The zero-order valence-corrected chi connectivity index (χ0v) is 23.4. The first-order valence-corrected chi connectivity index (χ1v) is 13.3. The Bertz CT molecular complexity index is 1600. The molecule has 0 radical (unpaired) electrons. The monoisotopic (exact) mass is 601 g/mol. The quantitative estimate of drug-likeness (QED) is 0.300. The third-order valence-electron chi connectivity index (χ3n) is 7.79. The van der Waals surface area contributed by atoms with Crippen LogP contribution in [0.2, 0.25) is 10.0 Å². The molecule has 1 fully saturated rings. The van der Waals surface area contributed by atoms with Crippen LogP contribution in [0.4, 0.5) is 19.0 Å². The highest BCUT2D eigenvalue weighted by Gasteiger charge is 2.66. The Hall–Kier alpha value is -3.82. The molecule has 1 aromatic heterocycles. The van der Waals surface area contributed by atoms with E-state index in [4.69, 9.17) is 23.2 Å². The van der Waals surface area contributed by atoms with Crippen molar-refractivity contribution in [2.45, 2.75) is 37.8 Å². The number of amides is 2. The molecule has 3 unspecified atom stereocenters. The number of rotatable bonds is 5. The van der Waals surface area contributed by atoms with Crippen LogP contribution in [0, 0.1) is 19.8 Å². The van der Waals surface area contributed by atoms with Gasteiger partial charge >= 0.3 is 6.18 Å². The lowest BCUT2D eigenvalue weighted by Crippen LogP contribution is -2.48. The number of nitrogens with one attached hydrogen (secondary N) is 1. The summed E-state index contributed by atoms with van der Waals surface area (Å²) in [6, 6.07) is 10.8. The van der Waals surface area contributed by atoms with E-state index in [0.717, 1.165) is 5.01 Å². The van der Waals surface area contributed by atoms with E-state index in [1.165, 1.54) is 0 Å². The number of phenolic OH excluding ortho intramolecular Hbond substituents is 1. The van der Waals surface area contributed by atoms with Crippen molar-refractivity contribution in [1.29, 1.82) is 0 Å². The molecule has 2 heterocycles. The van der Waals surface area contributed by atoms with Gasteiger partial charge in [0, 0.05) is 17.1 Å². The van der Waals surface area contributed by atoms with Crippen LogP contribution in [0.3, 0.4) is 0 Å². The molecule has 5 rings (SSSR count). The fourth-order valence-corrected chi connectivity index (χ4v) is 6.28. The van der Waals surface area contributed by atoms with Gasteiger partial charge in [0.25, 0.3) is 11.8 Å². The molecule has 1 aliphatic carbocycles. The molecule has 11 heteroatoms. The van der Waals surface area contributed by atoms with Crippen LogP contribution >= 0.6 is 23.2 Å². The minimum atomic E-state index is -4.68. The fraction of sp³-hybridized carbons (Fsp3) is 0.233. The van der Waals surface area contributed by atoms with Gasteiger partial charge < -0.3 is 5.11 Å². The topological polar surface area (TPSA) is 82.5 Å². The second-order valence-corrected chi connectivity index (χ2v) is 11.0. The number of halogens is 5. The van der Waals surface area contributed by atoms with Crippen LogP contribution in [0.5, 0.6) is 5.75 Å². The Morgan fingerprint density at radius 2 is 1.76 bits per heavy atom. The number of nitrogens with zero attached hydrogens (tertiary/aromatic N) is 2. The number of hydrazine groups is 1. The second-order valence-electron chi connectivity index (χ2n) is 10.2. The summed E-state index contributed by atoms with van der Waals surface area (Å²) in [4.78, 5) is 32.4. The number of anilines is 1. The second kappa shape index (κ2) is 10.2. The van der Waals surface area contributed by atoms with Gasteiger partial charge in [-0.25, -0.2) is 4.98 Å². The number of aryl methyl sites for hydroxylation is 2. The van der Waals surface area contributed by atoms with Crippen molar-refractivity contribution in [2.24, 2.45) is 5.92 Å². The van der Waals surface area contributed by atoms with Crippen molar-refractivity contribution in [1.82, 2.24) is 9.99 Å². The van der Waals surface area contributed by atoms with Crippen LogP contribution in [0.25, 0.3) is 0 Å². The van der Waals surface area contributed by atoms with E-state index >= 15 is 0 Å². The van der Waals surface area contributed by atoms with Crippen LogP contribution in [0.1, 0.15) is 40.2 Å². The SMILES string of the molecule is C=CC1=CCC2C(=O)N(Nc3ncc(C(F)(F)F)cc3Cl)C(=O)C2(c2ccc(Cl)cc2)C1c1cc(C)c(O)c(C)c1. The summed E-state index contributed by atoms with van der Waals surface area (Å²) in [5, 5.41) is 11.3. The first-order valence-electron chi connectivity index (χ1n) is 12.6. The van der Waals surface area contributed by atoms with E-state index in [-0.39, 0.29) is 18.0 Å². The molecular formula is C30H24Cl2F3N3O3. The molecule has 1 saturated heterocycles. The third-order valence-corrected chi connectivity index (χ3v) is 8.33. The number of aromatic hydroxyl groups is 1. The third kappa shape index (κ3) is 4.57. The summed E-state index contributed by atoms with van der Waals surface area (Å²) >= 11 is 12.3. The van der Waals surface area contributed by atoms with Gasteiger partial charge in [-0.1, -0.05) is 66.2 Å². The lowest BCUT2D eigenvalue weighted by Gasteiger charge is -2.43. The van der Waals surface area contributed by atoms with Gasteiger partial charge in [-0.15, -0.1) is 0 Å². The molecule has 6 nitrogen and oxygen atoms in total. The van der Waals surface area contributed by atoms with Crippen LogP contribution in [-0.4, -0.2) is 26.9 Å². The van der Waals surface area contributed by atoms with Crippen molar-refractivity contribution >= 4 is 40.8 Å². The molecular weight excluding hydrogens is 578 g/mol. The lowest BCUT2D eigenvalue weighted by atomic mass is 9.56. The fourth-order valence-electron chi connectivity index (χ4n) is 5.95. The Balaban J connectivity index is 1.71. The number of fused-ring (bicyclic) bond motifs is 1. The van der Waals surface area contributed by atoms with Gasteiger partial charge in [0.05, 0.1) is 21.9 Å². The van der Waals surface area contributed by atoms with Gasteiger partial charge in [-0.3, -0.25) is 15.0 Å². The zero-order valence-electron chi connectivity index (χ0n) is 21.9. The van der Waals surface area contributed by atoms with Crippen molar-refractivity contribution < 1.29 is 27.9 Å². The van der Waals surface area contributed by atoms with Crippen LogP contribution in [0.15, 0.2) is 73.0 Å². The summed E-state index contributed by atoms with van der Waals surface area (Å²) in [5.74, 6) is -3.02. The highest BCUT2D eigenvalue weighted by molar-refractivity contribution is 6.33. The average Bonchev–Trinajstić information content (AvgIpc) is 3.13. The van der Waals surface area contributed by atoms with Crippen molar-refractivity contribution in [3.63, 3.8) is 0 Å². The number of pyridine rings is 1. The van der Waals surface area contributed by atoms with E-state index in [1.54, 1.807) is 56.3 Å². The molecule has 2 aromatic carbocycles. The number of imide groups is 1. The van der Waals surface area contributed by atoms with Crippen molar-refractivity contribution in [2.75, 3.05) is 5.43 Å². The zero-order chi connectivity index (χ0) is 29.9. The Kier molecular flexibility index (Phi) is 7.16. The molecule has 0 saturated carbocycles. The molecule has 212 valence electrons. The van der Waals surface area contributed by atoms with E-state index in [1.807, 2.05) is 6.08 Å². The number of hydrogen-bond donors (Lipinski definition) is 2. The standard InChI is InChI=1S/C30H24Cl2F3N3O3/c1-4-17-5-10-22-27(40)38(37-26-23(32)13-20(14-36-26)30(33,34)35)28(41)29(22,19-6-8-21(31)9-7-19)24(17)18-11-15(2)25(39)16(3)12-18/h4-9,11-14,22,24,39H,1,10H2,2-3H3,(H,36,37). The van der Waals surface area contributed by atoms with Crippen molar-refractivity contribution in [3.8, 4) is 5.75 Å². The highest BCUT2D eigenvalue weighted by atomic mass is 35.5. The van der Waals surface area contributed by atoms with E-state index in [2.05, 4.69) is 17.0 Å². The van der Waals surface area contributed by atoms with Gasteiger partial charge in [0.2, 0.25) is 0 Å². The minimum absolute atomic E-state index is 0.117. The molecule has 1 aliphatic heterocycles. The van der Waals surface area contributed by atoms with E-state index in [0.29, 0.717) is 45.1 Å². The summed E-state index contributed by atoms with van der Waals surface area (Å²) < 4.78 is 39.5. The number of aromatic nitrogens is 1. The van der Waals surface area contributed by atoms with Gasteiger partial charge in [0.1, 0.15) is 5.75 Å². The Morgan fingerprint density at radius 1 is 1.12 bits per heavy atom. The largest absolute Gasteiger partial charge is 0.507 e. The number of phenols is 1. The number of hydrogen-bond acceptors (Lipinski definition) is 5. The number of alkyl halides is 3. The Labute approximate surface area is 244 Å². The number of allylic oxidation sites excluding steroid dienone is 3. The number of benzene rings is 2. The highest BCUT2D eigenvalue weighted by Crippen LogP contribution is 2.58. The van der Waals surface area contributed by atoms with Gasteiger partial charge in [-0.2, -0.15) is 18.2 Å². The molecule has 0 bridgehead atoms. The maximum atomic E-state index is 14.6. The normalized spacial score (nSPS) is 22.4. The summed E-state index contributed by atoms with van der Waals surface area (Å²) in [5.41, 5.74) is 3.09. The minimum Gasteiger partial charge on any atom is -0.507 e. The summed E-state index contributed by atoms with van der Waals surface area (Å²) in [7, 11) is 0. The molecule has 0 spiro atoms. The smallest absolute Gasteiger partial charge is 0.417 e. The van der Waals surface area contributed by atoms with E-state index < -0.39 is 45.8 Å². The summed E-state index contributed by atoms with van der Waals surface area (Å²) in [6.07, 6.45) is -0.427. The Morgan fingerprint density at radius 3 is 2.32 bits per heavy atom. The molecule has 2 aliphatic rings. The molecule has 2 amide bonds. The maximum absolute atomic E-state index is 14.6. The summed E-state index contributed by atoms with van der Waals surface area (Å²) in [6.45, 7) is 7.45. The van der Waals surface area contributed by atoms with Crippen LogP contribution in [-0.2, 0) is 21.2 Å². The first kappa shape index (κ1) is 28.7. The van der Waals surface area contributed by atoms with Gasteiger partial charge in [-0.05, 0) is 66.3 Å². The number of carbonyl (C=O) groups is 2. The average molecular weight is 602 g/mol. The molecule has 3 atom stereocenters. The molecule has 2 N–H and O–H groups in total. The number of carbonyl (C=O) groups excluding carboxylic acids is 2. The predicted octanol–water partition coefficient (Wildman–Crippen LogP) is 7.28. The first-order chi connectivity index (χ1) is 19.3.